The molecule has 3 aromatic carbocycles. The summed E-state index contributed by atoms with van der Waals surface area (Å²) < 4.78 is 11.1. The molecule has 30 heavy (non-hydrogen) atoms. The molecule has 0 aliphatic carbocycles. The van der Waals surface area contributed by atoms with E-state index in [2.05, 4.69) is 0 Å². The van der Waals surface area contributed by atoms with Crippen molar-refractivity contribution in [3.63, 3.8) is 0 Å². The van der Waals surface area contributed by atoms with Gasteiger partial charge in [0.2, 0.25) is 0 Å². The van der Waals surface area contributed by atoms with Crippen molar-refractivity contribution in [3.05, 3.63) is 105 Å². The van der Waals surface area contributed by atoms with Crippen LogP contribution in [0.3, 0.4) is 0 Å². The molecule has 0 spiro atoms. The lowest BCUT2D eigenvalue weighted by molar-refractivity contribution is -0.384. The van der Waals surface area contributed by atoms with Crippen LogP contribution >= 0.6 is 0 Å². The number of carbonyl (C=O) groups is 1. The fraction of sp³-hybridized carbons (Fsp3) is 0.125. The molecule has 0 radical (unpaired) electrons. The van der Waals surface area contributed by atoms with E-state index in [0.29, 0.717) is 17.1 Å². The smallest absolute Gasteiger partial charge is 0.273 e. The van der Waals surface area contributed by atoms with E-state index in [1.807, 2.05) is 37.3 Å². The SMILES string of the molecule is COc1ccc(/C=C/C(=O)c2cccc(C)c2)cc1COc1cccc([N+](=O)[O-])c1. The van der Waals surface area contributed by atoms with Gasteiger partial charge < -0.3 is 9.47 Å². The molecule has 152 valence electrons. The second-order valence-electron chi connectivity index (χ2n) is 6.68. The minimum Gasteiger partial charge on any atom is -0.496 e. The van der Waals surface area contributed by atoms with E-state index in [1.165, 1.54) is 18.2 Å². The molecule has 0 unspecified atom stereocenters. The summed E-state index contributed by atoms with van der Waals surface area (Å²) in [6.07, 6.45) is 3.27. The third-order valence-corrected chi connectivity index (χ3v) is 4.46. The largest absolute Gasteiger partial charge is 0.496 e. The first-order chi connectivity index (χ1) is 14.5. The number of nitro groups is 1. The van der Waals surface area contributed by atoms with Crippen LogP contribution in [0, 0.1) is 17.0 Å². The van der Waals surface area contributed by atoms with Crippen LogP contribution in [-0.2, 0) is 6.61 Å². The summed E-state index contributed by atoms with van der Waals surface area (Å²) in [7, 11) is 1.56. The van der Waals surface area contributed by atoms with E-state index in [9.17, 15) is 14.9 Å². The Morgan fingerprint density at radius 1 is 1.07 bits per heavy atom. The maximum atomic E-state index is 12.4. The zero-order valence-electron chi connectivity index (χ0n) is 16.7. The Balaban J connectivity index is 1.75. The van der Waals surface area contributed by atoms with Gasteiger partial charge in [0.15, 0.2) is 5.78 Å². The summed E-state index contributed by atoms with van der Waals surface area (Å²) in [4.78, 5) is 22.8. The van der Waals surface area contributed by atoms with E-state index >= 15 is 0 Å². The first kappa shape index (κ1) is 20.8. The molecule has 6 heteroatoms. The van der Waals surface area contributed by atoms with Crippen LogP contribution in [0.25, 0.3) is 6.08 Å². The van der Waals surface area contributed by atoms with Crippen LogP contribution in [-0.4, -0.2) is 17.8 Å². The molecule has 0 aromatic heterocycles. The summed E-state index contributed by atoms with van der Waals surface area (Å²) in [6, 6.07) is 18.9. The number of nitrogens with zero attached hydrogens (tertiary/aromatic N) is 1. The van der Waals surface area contributed by atoms with Crippen LogP contribution in [0.1, 0.15) is 27.0 Å². The highest BCUT2D eigenvalue weighted by atomic mass is 16.6. The second kappa shape index (κ2) is 9.52. The third kappa shape index (κ3) is 5.32. The van der Waals surface area contributed by atoms with Crippen molar-refractivity contribution < 1.29 is 19.2 Å². The van der Waals surface area contributed by atoms with E-state index in [0.717, 1.165) is 16.7 Å². The monoisotopic (exact) mass is 403 g/mol. The van der Waals surface area contributed by atoms with Gasteiger partial charge in [-0.05, 0) is 42.8 Å². The van der Waals surface area contributed by atoms with Gasteiger partial charge in [-0.25, -0.2) is 0 Å². The Labute approximate surface area is 174 Å². The van der Waals surface area contributed by atoms with Crippen LogP contribution in [0.2, 0.25) is 0 Å². The summed E-state index contributed by atoms with van der Waals surface area (Å²) in [5.74, 6) is 0.938. The van der Waals surface area contributed by atoms with Crippen molar-refractivity contribution in [1.82, 2.24) is 0 Å². The molecule has 6 nitrogen and oxygen atoms in total. The number of ether oxygens (including phenoxy) is 2. The van der Waals surface area contributed by atoms with Gasteiger partial charge in [0.1, 0.15) is 18.1 Å². The van der Waals surface area contributed by atoms with Crippen LogP contribution in [0.4, 0.5) is 5.69 Å². The first-order valence-electron chi connectivity index (χ1n) is 9.29. The van der Waals surface area contributed by atoms with E-state index in [-0.39, 0.29) is 18.1 Å². The van der Waals surface area contributed by atoms with Crippen LogP contribution in [0.5, 0.6) is 11.5 Å². The van der Waals surface area contributed by atoms with Gasteiger partial charge in [-0.3, -0.25) is 14.9 Å². The van der Waals surface area contributed by atoms with Crippen molar-refractivity contribution in [3.8, 4) is 11.5 Å². The summed E-state index contributed by atoms with van der Waals surface area (Å²) in [5.41, 5.74) is 3.20. The van der Waals surface area contributed by atoms with Gasteiger partial charge in [-0.15, -0.1) is 0 Å². The number of rotatable bonds is 8. The Bertz CT molecular complexity index is 1100. The lowest BCUT2D eigenvalue weighted by Gasteiger charge is -2.11. The number of hydrogen-bond donors (Lipinski definition) is 0. The molecule has 0 fully saturated rings. The number of allylic oxidation sites excluding steroid dienone is 1. The zero-order valence-corrected chi connectivity index (χ0v) is 16.7. The topological polar surface area (TPSA) is 78.7 Å². The predicted molar refractivity (Wildman–Crippen MR) is 115 cm³/mol. The molecule has 0 N–H and O–H groups in total. The molecule has 0 saturated heterocycles. The number of non-ortho nitro benzene ring substituents is 1. The molecule has 3 aromatic rings. The minimum atomic E-state index is -0.468. The lowest BCUT2D eigenvalue weighted by Crippen LogP contribution is -2.00. The van der Waals surface area contributed by atoms with Gasteiger partial charge >= 0.3 is 0 Å². The van der Waals surface area contributed by atoms with Crippen LogP contribution in [0.15, 0.2) is 72.8 Å². The van der Waals surface area contributed by atoms with Crippen molar-refractivity contribution >= 4 is 17.5 Å². The summed E-state index contributed by atoms with van der Waals surface area (Å²) in [6.45, 7) is 2.11. The quantitative estimate of drug-likeness (QED) is 0.218. The van der Waals surface area contributed by atoms with Crippen LogP contribution < -0.4 is 9.47 Å². The highest BCUT2D eigenvalue weighted by Gasteiger charge is 2.09. The van der Waals surface area contributed by atoms with E-state index < -0.39 is 4.92 Å². The van der Waals surface area contributed by atoms with Gasteiger partial charge in [-0.2, -0.15) is 0 Å². The Morgan fingerprint density at radius 3 is 2.60 bits per heavy atom. The number of carbonyl (C=O) groups excluding carboxylic acids is 1. The number of hydrogen-bond acceptors (Lipinski definition) is 5. The molecule has 3 rings (SSSR count). The van der Waals surface area contributed by atoms with Gasteiger partial charge in [0.25, 0.3) is 5.69 Å². The first-order valence-corrected chi connectivity index (χ1v) is 9.29. The molecular formula is C24H21NO5. The van der Waals surface area contributed by atoms with Crippen molar-refractivity contribution in [2.24, 2.45) is 0 Å². The molecule has 0 saturated carbocycles. The fourth-order valence-electron chi connectivity index (χ4n) is 2.93. The van der Waals surface area contributed by atoms with Crippen molar-refractivity contribution in [2.75, 3.05) is 7.11 Å². The Kier molecular flexibility index (Phi) is 6.60. The molecular weight excluding hydrogens is 382 g/mol. The maximum Gasteiger partial charge on any atom is 0.273 e. The molecule has 0 amide bonds. The molecule has 0 heterocycles. The molecule has 0 bridgehead atoms. The average Bonchev–Trinajstić information content (AvgIpc) is 2.76. The third-order valence-electron chi connectivity index (χ3n) is 4.46. The van der Waals surface area contributed by atoms with E-state index in [4.69, 9.17) is 9.47 Å². The predicted octanol–water partition coefficient (Wildman–Crippen LogP) is 5.39. The molecule has 0 aliphatic rings. The Hall–Kier alpha value is -3.93. The second-order valence-corrected chi connectivity index (χ2v) is 6.68. The number of ketones is 1. The Morgan fingerprint density at radius 2 is 1.87 bits per heavy atom. The summed E-state index contributed by atoms with van der Waals surface area (Å²) >= 11 is 0. The van der Waals surface area contributed by atoms with E-state index in [1.54, 1.807) is 37.5 Å². The average molecular weight is 403 g/mol. The van der Waals surface area contributed by atoms with Crippen molar-refractivity contribution in [2.45, 2.75) is 13.5 Å². The number of benzene rings is 3. The maximum absolute atomic E-state index is 12.4. The van der Waals surface area contributed by atoms with Gasteiger partial charge in [0, 0.05) is 17.2 Å². The molecule has 0 atom stereocenters. The molecule has 0 aliphatic heterocycles. The highest BCUT2D eigenvalue weighted by Crippen LogP contribution is 2.25. The summed E-state index contributed by atoms with van der Waals surface area (Å²) in [5, 5.41) is 10.9. The minimum absolute atomic E-state index is 0.0363. The number of methoxy groups -OCH3 is 1. The lowest BCUT2D eigenvalue weighted by atomic mass is 10.1. The number of nitro benzene ring substituents is 1. The zero-order chi connectivity index (χ0) is 21.5. The fourth-order valence-corrected chi connectivity index (χ4v) is 2.93. The number of aryl methyl sites for hydroxylation is 1. The highest BCUT2D eigenvalue weighted by molar-refractivity contribution is 6.06. The van der Waals surface area contributed by atoms with Crippen molar-refractivity contribution in [1.29, 1.82) is 0 Å². The standard InChI is InChI=1S/C24H21NO5/c1-17-5-3-6-19(13-17)23(26)11-9-18-10-12-24(29-2)20(14-18)16-30-22-8-4-7-21(15-22)25(27)28/h3-15H,16H2,1-2H3/b11-9+. The normalized spacial score (nSPS) is 10.7. The van der Waals surface area contributed by atoms with Gasteiger partial charge in [0.05, 0.1) is 18.1 Å². The van der Waals surface area contributed by atoms with Gasteiger partial charge in [-0.1, -0.05) is 42.0 Å².